The molecule has 0 aliphatic heterocycles. The smallest absolute Gasteiger partial charge is 0.106 e. The maximum atomic E-state index is 10.1. The van der Waals surface area contributed by atoms with Gasteiger partial charge in [0.15, 0.2) is 0 Å². The molecule has 13 heavy (non-hydrogen) atoms. The third kappa shape index (κ3) is 2.29. The zero-order valence-electron chi connectivity index (χ0n) is 7.92. The topological polar surface area (TPSA) is 33.1 Å². The van der Waals surface area contributed by atoms with E-state index in [4.69, 9.17) is 0 Å². The van der Waals surface area contributed by atoms with Crippen LogP contribution in [-0.2, 0) is 5.60 Å². The Balaban J connectivity index is 2.99. The van der Waals surface area contributed by atoms with Crippen LogP contribution in [0, 0.1) is 0 Å². The van der Waals surface area contributed by atoms with E-state index in [0.29, 0.717) is 12.8 Å². The summed E-state index contributed by atoms with van der Waals surface area (Å²) in [5.41, 5.74) is 0.175. The Morgan fingerprint density at radius 2 is 2.00 bits per heavy atom. The van der Waals surface area contributed by atoms with Gasteiger partial charge in [0.25, 0.3) is 0 Å². The van der Waals surface area contributed by atoms with Crippen molar-refractivity contribution in [2.75, 3.05) is 0 Å². The second kappa shape index (κ2) is 4.20. The highest BCUT2D eigenvalue weighted by Crippen LogP contribution is 2.28. The van der Waals surface area contributed by atoms with Crippen molar-refractivity contribution < 1.29 is 5.11 Å². The molecular formula is C10H14BrNO. The predicted molar refractivity (Wildman–Crippen MR) is 56.4 cm³/mol. The number of halogens is 1. The summed E-state index contributed by atoms with van der Waals surface area (Å²) in [7, 11) is 0. The van der Waals surface area contributed by atoms with Crippen LogP contribution in [-0.4, -0.2) is 10.1 Å². The molecule has 3 heteroatoms. The summed E-state index contributed by atoms with van der Waals surface area (Å²) in [6.07, 6.45) is 3.15. The van der Waals surface area contributed by atoms with E-state index in [1.807, 2.05) is 26.0 Å². The Kier molecular flexibility index (Phi) is 3.45. The summed E-state index contributed by atoms with van der Waals surface area (Å²) in [5.74, 6) is 0. The minimum Gasteiger partial charge on any atom is -0.385 e. The lowest BCUT2D eigenvalue weighted by atomic mass is 9.90. The molecule has 1 aromatic heterocycles. The predicted octanol–water partition coefficient (Wildman–Crippen LogP) is 2.85. The molecule has 0 aromatic carbocycles. The first-order chi connectivity index (χ1) is 6.12. The lowest BCUT2D eigenvalue weighted by Crippen LogP contribution is -2.23. The molecule has 0 fully saturated rings. The summed E-state index contributed by atoms with van der Waals surface area (Å²) in [6, 6.07) is 3.76. The number of hydrogen-bond donors (Lipinski definition) is 1. The molecule has 0 atom stereocenters. The van der Waals surface area contributed by atoms with Crippen LogP contribution < -0.4 is 0 Å². The molecule has 1 aromatic rings. The molecule has 0 aliphatic rings. The molecule has 1 N–H and O–H groups in total. The van der Waals surface area contributed by atoms with Gasteiger partial charge in [0, 0.05) is 11.8 Å². The molecule has 0 radical (unpaired) electrons. The van der Waals surface area contributed by atoms with Crippen LogP contribution in [0.1, 0.15) is 32.3 Å². The first-order valence-electron chi connectivity index (χ1n) is 4.47. The van der Waals surface area contributed by atoms with E-state index in [1.165, 1.54) is 0 Å². The third-order valence-electron chi connectivity index (χ3n) is 2.43. The van der Waals surface area contributed by atoms with Crippen molar-refractivity contribution in [2.24, 2.45) is 0 Å². The van der Waals surface area contributed by atoms with Gasteiger partial charge in [-0.15, -0.1) is 0 Å². The van der Waals surface area contributed by atoms with Crippen LogP contribution in [0.3, 0.4) is 0 Å². The van der Waals surface area contributed by atoms with Crippen molar-refractivity contribution in [2.45, 2.75) is 32.3 Å². The highest BCUT2D eigenvalue weighted by molar-refractivity contribution is 9.10. The van der Waals surface area contributed by atoms with Crippen molar-refractivity contribution in [3.8, 4) is 0 Å². The van der Waals surface area contributed by atoms with Crippen LogP contribution in [0.25, 0.3) is 0 Å². The first kappa shape index (κ1) is 10.7. The van der Waals surface area contributed by atoms with Gasteiger partial charge in [-0.05, 0) is 34.8 Å². The normalized spacial score (nSPS) is 11.7. The van der Waals surface area contributed by atoms with E-state index in [-0.39, 0.29) is 0 Å². The van der Waals surface area contributed by atoms with Crippen molar-refractivity contribution in [3.63, 3.8) is 0 Å². The second-order valence-corrected chi connectivity index (χ2v) is 3.92. The quantitative estimate of drug-likeness (QED) is 0.829. The van der Waals surface area contributed by atoms with Crippen LogP contribution in [0.15, 0.2) is 22.9 Å². The fraction of sp³-hybridized carbons (Fsp3) is 0.500. The second-order valence-electron chi connectivity index (χ2n) is 3.11. The molecule has 1 rings (SSSR count). The zero-order valence-corrected chi connectivity index (χ0v) is 9.50. The fourth-order valence-electron chi connectivity index (χ4n) is 1.31. The number of rotatable bonds is 3. The van der Waals surface area contributed by atoms with Gasteiger partial charge >= 0.3 is 0 Å². The van der Waals surface area contributed by atoms with E-state index in [2.05, 4.69) is 20.9 Å². The van der Waals surface area contributed by atoms with E-state index in [1.54, 1.807) is 6.20 Å². The molecular weight excluding hydrogens is 230 g/mol. The van der Waals surface area contributed by atoms with Gasteiger partial charge in [0.2, 0.25) is 0 Å². The van der Waals surface area contributed by atoms with E-state index < -0.39 is 5.60 Å². The molecule has 0 spiro atoms. The van der Waals surface area contributed by atoms with Crippen LogP contribution in [0.4, 0.5) is 0 Å². The van der Waals surface area contributed by atoms with Gasteiger partial charge in [-0.3, -0.25) is 0 Å². The third-order valence-corrected chi connectivity index (χ3v) is 2.90. The number of aliphatic hydroxyl groups is 1. The lowest BCUT2D eigenvalue weighted by Gasteiger charge is -2.25. The van der Waals surface area contributed by atoms with E-state index in [0.717, 1.165) is 10.2 Å². The van der Waals surface area contributed by atoms with E-state index >= 15 is 0 Å². The summed E-state index contributed by atoms with van der Waals surface area (Å²) in [6.45, 7) is 3.96. The van der Waals surface area contributed by atoms with Crippen LogP contribution >= 0.6 is 15.9 Å². The Labute approximate surface area is 87.1 Å². The SMILES string of the molecule is CCC(O)(CC)c1ccc(Br)nc1. The summed E-state index contributed by atoms with van der Waals surface area (Å²) in [4.78, 5) is 4.10. The maximum Gasteiger partial charge on any atom is 0.106 e. The van der Waals surface area contributed by atoms with Gasteiger partial charge in [-0.1, -0.05) is 19.9 Å². The van der Waals surface area contributed by atoms with Crippen molar-refractivity contribution in [1.29, 1.82) is 0 Å². The van der Waals surface area contributed by atoms with Crippen molar-refractivity contribution >= 4 is 15.9 Å². The van der Waals surface area contributed by atoms with Crippen molar-refractivity contribution in [3.05, 3.63) is 28.5 Å². The monoisotopic (exact) mass is 243 g/mol. The molecule has 0 aliphatic carbocycles. The maximum absolute atomic E-state index is 10.1. The number of aromatic nitrogens is 1. The Bertz CT molecular complexity index is 267. The first-order valence-corrected chi connectivity index (χ1v) is 5.26. The number of hydrogen-bond acceptors (Lipinski definition) is 2. The molecule has 1 heterocycles. The van der Waals surface area contributed by atoms with Gasteiger partial charge in [0.1, 0.15) is 4.60 Å². The number of pyridine rings is 1. The summed E-state index contributed by atoms with van der Waals surface area (Å²) in [5, 5.41) is 10.1. The van der Waals surface area contributed by atoms with E-state index in [9.17, 15) is 5.11 Å². The summed E-state index contributed by atoms with van der Waals surface area (Å²) >= 11 is 3.26. The lowest BCUT2D eigenvalue weighted by molar-refractivity contribution is 0.0280. The Morgan fingerprint density at radius 3 is 2.38 bits per heavy atom. The standard InChI is InChI=1S/C10H14BrNO/c1-3-10(13,4-2)8-5-6-9(11)12-7-8/h5-7,13H,3-4H2,1-2H3. The van der Waals surface area contributed by atoms with Gasteiger partial charge in [0.05, 0.1) is 5.60 Å². The number of nitrogens with zero attached hydrogens (tertiary/aromatic N) is 1. The van der Waals surface area contributed by atoms with Gasteiger partial charge < -0.3 is 5.11 Å². The van der Waals surface area contributed by atoms with Crippen molar-refractivity contribution in [1.82, 2.24) is 4.98 Å². The highest BCUT2D eigenvalue weighted by atomic mass is 79.9. The molecule has 0 saturated carbocycles. The largest absolute Gasteiger partial charge is 0.385 e. The fourth-order valence-corrected chi connectivity index (χ4v) is 1.54. The highest BCUT2D eigenvalue weighted by Gasteiger charge is 2.24. The molecule has 0 unspecified atom stereocenters. The molecule has 2 nitrogen and oxygen atoms in total. The zero-order chi connectivity index (χ0) is 9.90. The Morgan fingerprint density at radius 1 is 1.38 bits per heavy atom. The molecule has 0 amide bonds. The summed E-state index contributed by atoms with van der Waals surface area (Å²) < 4.78 is 0.797. The van der Waals surface area contributed by atoms with Gasteiger partial charge in [-0.25, -0.2) is 4.98 Å². The Hall–Kier alpha value is -0.410. The minimum atomic E-state index is -0.715. The van der Waals surface area contributed by atoms with Crippen LogP contribution in [0.5, 0.6) is 0 Å². The average Bonchev–Trinajstić information content (AvgIpc) is 2.18. The molecule has 0 bridgehead atoms. The minimum absolute atomic E-state index is 0.715. The average molecular weight is 244 g/mol. The molecule has 72 valence electrons. The van der Waals surface area contributed by atoms with Crippen LogP contribution in [0.2, 0.25) is 0 Å². The molecule has 0 saturated heterocycles. The van der Waals surface area contributed by atoms with Gasteiger partial charge in [-0.2, -0.15) is 0 Å².